The topological polar surface area (TPSA) is 35.4 Å². The van der Waals surface area contributed by atoms with Gasteiger partial charge in [0.2, 0.25) is 0 Å². The second-order valence-electron chi connectivity index (χ2n) is 3.06. The molecule has 0 amide bonds. The summed E-state index contributed by atoms with van der Waals surface area (Å²) in [5.41, 5.74) is 0. The summed E-state index contributed by atoms with van der Waals surface area (Å²) in [5, 5.41) is 0. The van der Waals surface area contributed by atoms with Crippen molar-refractivity contribution >= 4 is 17.6 Å². The van der Waals surface area contributed by atoms with Gasteiger partial charge in [-0.1, -0.05) is 11.3 Å². The predicted octanol–water partition coefficient (Wildman–Crippen LogP) is 1.93. The van der Waals surface area contributed by atoms with Gasteiger partial charge in [-0.2, -0.15) is 0 Å². The molecular formula is C7H15NOS. The Hall–Kier alpha value is -0.0200. The molecule has 0 aromatic rings. The Morgan fingerprint density at radius 1 is 1.50 bits per heavy atom. The Bertz CT molecular complexity index is 117. The van der Waals surface area contributed by atoms with E-state index in [-0.39, 0.29) is 4.75 Å². The van der Waals surface area contributed by atoms with E-state index in [9.17, 15) is 4.55 Å². The van der Waals surface area contributed by atoms with Crippen LogP contribution in [0.3, 0.4) is 0 Å². The molecule has 60 valence electrons. The van der Waals surface area contributed by atoms with Crippen molar-refractivity contribution < 1.29 is 4.55 Å². The Kier molecular flexibility index (Phi) is 3.98. The minimum absolute atomic E-state index is 0.217. The minimum Gasteiger partial charge on any atom is -0.591 e. The normalized spacial score (nSPS) is 16.1. The van der Waals surface area contributed by atoms with Crippen LogP contribution in [0.4, 0.5) is 0 Å². The second-order valence-corrected chi connectivity index (χ2v) is 4.99. The average molecular weight is 161 g/mol. The third-order valence-corrected chi connectivity index (χ3v) is 2.26. The number of hydrogen-bond acceptors (Lipinski definition) is 2. The van der Waals surface area contributed by atoms with Gasteiger partial charge in [0.25, 0.3) is 0 Å². The van der Waals surface area contributed by atoms with Crippen molar-refractivity contribution in [1.82, 2.24) is 0 Å². The lowest BCUT2D eigenvalue weighted by molar-refractivity contribution is 0.561. The van der Waals surface area contributed by atoms with Crippen molar-refractivity contribution in [2.24, 2.45) is 4.40 Å². The first-order valence-corrected chi connectivity index (χ1v) is 4.53. The van der Waals surface area contributed by atoms with E-state index >= 15 is 0 Å². The quantitative estimate of drug-likeness (QED) is 0.450. The Labute approximate surface area is 66.1 Å². The molecule has 0 saturated carbocycles. The summed E-state index contributed by atoms with van der Waals surface area (Å²) >= 11 is -1.07. The highest BCUT2D eigenvalue weighted by atomic mass is 32.2. The molecule has 0 bridgehead atoms. The van der Waals surface area contributed by atoms with Crippen LogP contribution in [0.2, 0.25) is 0 Å². The summed E-state index contributed by atoms with van der Waals surface area (Å²) in [4.78, 5) is 0. The molecule has 0 aliphatic heterocycles. The maximum Gasteiger partial charge on any atom is 0.144 e. The van der Waals surface area contributed by atoms with Crippen LogP contribution in [0.1, 0.15) is 34.1 Å². The first-order valence-electron chi connectivity index (χ1n) is 3.43. The summed E-state index contributed by atoms with van der Waals surface area (Å²) in [6.07, 6.45) is 2.54. The van der Waals surface area contributed by atoms with Crippen molar-refractivity contribution in [3.63, 3.8) is 0 Å². The predicted molar refractivity (Wildman–Crippen MR) is 46.7 cm³/mol. The van der Waals surface area contributed by atoms with Crippen molar-refractivity contribution in [3.8, 4) is 0 Å². The summed E-state index contributed by atoms with van der Waals surface area (Å²) in [5.74, 6) is 0. The van der Waals surface area contributed by atoms with E-state index in [1.807, 2.05) is 27.7 Å². The van der Waals surface area contributed by atoms with Crippen LogP contribution in [0.5, 0.6) is 0 Å². The molecule has 0 rings (SSSR count). The zero-order valence-electron chi connectivity index (χ0n) is 7.05. The lowest BCUT2D eigenvalue weighted by atomic mass is 10.3. The van der Waals surface area contributed by atoms with Gasteiger partial charge >= 0.3 is 0 Å². The first-order chi connectivity index (χ1) is 4.48. The van der Waals surface area contributed by atoms with Crippen LogP contribution < -0.4 is 0 Å². The summed E-state index contributed by atoms with van der Waals surface area (Å²) in [6, 6.07) is 0. The molecule has 0 aromatic carbocycles. The van der Waals surface area contributed by atoms with E-state index in [1.54, 1.807) is 6.21 Å². The molecule has 0 aromatic heterocycles. The molecular weight excluding hydrogens is 146 g/mol. The van der Waals surface area contributed by atoms with E-state index in [0.29, 0.717) is 0 Å². The van der Waals surface area contributed by atoms with E-state index < -0.39 is 11.4 Å². The van der Waals surface area contributed by atoms with Crippen LogP contribution in [0, 0.1) is 0 Å². The van der Waals surface area contributed by atoms with Gasteiger partial charge in [0.05, 0.1) is 6.21 Å². The van der Waals surface area contributed by atoms with Gasteiger partial charge in [-0.15, -0.1) is 0 Å². The van der Waals surface area contributed by atoms with Gasteiger partial charge in [-0.05, 0) is 27.2 Å². The molecule has 0 unspecified atom stereocenters. The van der Waals surface area contributed by atoms with Crippen molar-refractivity contribution in [1.29, 1.82) is 0 Å². The minimum atomic E-state index is -1.07. The van der Waals surface area contributed by atoms with Crippen LogP contribution >= 0.6 is 0 Å². The van der Waals surface area contributed by atoms with E-state index in [4.69, 9.17) is 0 Å². The van der Waals surface area contributed by atoms with E-state index in [1.165, 1.54) is 0 Å². The SMILES string of the molecule is CCC=N[S@@+]([O-])C(C)(C)C. The third-order valence-electron chi connectivity index (χ3n) is 0.877. The van der Waals surface area contributed by atoms with Crippen LogP contribution in [0.15, 0.2) is 4.40 Å². The largest absolute Gasteiger partial charge is 0.591 e. The molecule has 0 aliphatic rings. The molecule has 0 N–H and O–H groups in total. The Morgan fingerprint density at radius 2 is 2.00 bits per heavy atom. The number of rotatable bonds is 2. The lowest BCUT2D eigenvalue weighted by Crippen LogP contribution is -2.25. The lowest BCUT2D eigenvalue weighted by Gasteiger charge is -2.17. The molecule has 0 aliphatic carbocycles. The monoisotopic (exact) mass is 161 g/mol. The van der Waals surface area contributed by atoms with E-state index in [2.05, 4.69) is 4.40 Å². The summed E-state index contributed by atoms with van der Waals surface area (Å²) < 4.78 is 14.8. The Balaban J connectivity index is 3.84. The maximum absolute atomic E-state index is 11.1. The fraction of sp³-hybridized carbons (Fsp3) is 0.857. The molecule has 0 saturated heterocycles. The molecule has 0 heterocycles. The molecule has 0 radical (unpaired) electrons. The fourth-order valence-electron chi connectivity index (χ4n) is 0.300. The van der Waals surface area contributed by atoms with Gasteiger partial charge < -0.3 is 4.55 Å². The molecule has 3 heteroatoms. The zero-order valence-corrected chi connectivity index (χ0v) is 7.86. The van der Waals surface area contributed by atoms with Crippen molar-refractivity contribution in [2.75, 3.05) is 0 Å². The maximum atomic E-state index is 11.1. The highest BCUT2D eigenvalue weighted by Gasteiger charge is 2.25. The zero-order chi connectivity index (χ0) is 8.20. The molecule has 1 atom stereocenters. The van der Waals surface area contributed by atoms with Crippen LogP contribution in [-0.4, -0.2) is 15.5 Å². The molecule has 0 fully saturated rings. The van der Waals surface area contributed by atoms with Gasteiger partial charge in [0, 0.05) is 0 Å². The summed E-state index contributed by atoms with van der Waals surface area (Å²) in [7, 11) is 0. The average Bonchev–Trinajstić information content (AvgIpc) is 1.80. The molecule has 2 nitrogen and oxygen atoms in total. The van der Waals surface area contributed by atoms with Crippen molar-refractivity contribution in [3.05, 3.63) is 0 Å². The third kappa shape index (κ3) is 3.90. The van der Waals surface area contributed by atoms with Crippen LogP contribution in [-0.2, 0) is 11.4 Å². The van der Waals surface area contributed by atoms with Crippen molar-refractivity contribution in [2.45, 2.75) is 38.9 Å². The highest BCUT2D eigenvalue weighted by Crippen LogP contribution is 2.16. The molecule has 0 spiro atoms. The van der Waals surface area contributed by atoms with Gasteiger partial charge in [-0.25, -0.2) is 0 Å². The van der Waals surface area contributed by atoms with E-state index in [0.717, 1.165) is 6.42 Å². The first kappa shape index (κ1) is 9.98. The molecule has 10 heavy (non-hydrogen) atoms. The Morgan fingerprint density at radius 3 is 2.30 bits per heavy atom. The van der Waals surface area contributed by atoms with Gasteiger partial charge in [-0.3, -0.25) is 0 Å². The van der Waals surface area contributed by atoms with Gasteiger partial charge in [0.15, 0.2) is 0 Å². The standard InChI is InChI=1S/C7H15NOS/c1-5-6-8-10(9)7(2,3)4/h6H,5H2,1-4H3/t10-/m0/s1. The van der Waals surface area contributed by atoms with Gasteiger partial charge in [0.1, 0.15) is 16.1 Å². The van der Waals surface area contributed by atoms with Crippen LogP contribution in [0.25, 0.3) is 0 Å². The number of hydrogen-bond donors (Lipinski definition) is 0. The fourth-order valence-corrected chi connectivity index (χ4v) is 0.901. The smallest absolute Gasteiger partial charge is 0.144 e. The summed E-state index contributed by atoms with van der Waals surface area (Å²) in [6.45, 7) is 7.71. The second kappa shape index (κ2) is 3.98. The number of nitrogens with zero attached hydrogens (tertiary/aromatic N) is 1. The highest BCUT2D eigenvalue weighted by molar-refractivity contribution is 7.91.